The third kappa shape index (κ3) is 4.72. The lowest BCUT2D eigenvalue weighted by molar-refractivity contribution is -0.147. The molecular formula is C16H25NO4. The number of hydrogen-bond acceptors (Lipinski definition) is 5. The molecular weight excluding hydrogens is 270 g/mol. The largest absolute Gasteiger partial charge is 0.493 e. The van der Waals surface area contributed by atoms with Gasteiger partial charge in [-0.1, -0.05) is 38.7 Å². The Bertz CT molecular complexity index is 451. The first-order valence-corrected chi connectivity index (χ1v) is 7.09. The zero-order valence-corrected chi connectivity index (χ0v) is 13.0. The van der Waals surface area contributed by atoms with Gasteiger partial charge in [-0.3, -0.25) is 4.79 Å². The predicted molar refractivity (Wildman–Crippen MR) is 81.3 cm³/mol. The van der Waals surface area contributed by atoms with Crippen LogP contribution in [0, 0.1) is 5.41 Å². The zero-order chi connectivity index (χ0) is 16.0. The Morgan fingerprint density at radius 1 is 1.62 bits per heavy atom. The maximum atomic E-state index is 11.4. The molecule has 1 aliphatic heterocycles. The lowest BCUT2D eigenvalue weighted by Gasteiger charge is -2.16. The molecule has 1 rings (SSSR count). The van der Waals surface area contributed by atoms with Crippen molar-refractivity contribution in [3.8, 4) is 0 Å². The van der Waals surface area contributed by atoms with Gasteiger partial charge in [-0.25, -0.2) is 0 Å². The minimum absolute atomic E-state index is 0.0681. The molecule has 1 aliphatic rings. The van der Waals surface area contributed by atoms with Gasteiger partial charge in [0.25, 0.3) is 0 Å². The van der Waals surface area contributed by atoms with Crippen LogP contribution in [-0.4, -0.2) is 36.4 Å². The van der Waals surface area contributed by atoms with Crippen LogP contribution in [-0.2, 0) is 14.3 Å². The van der Waals surface area contributed by atoms with Gasteiger partial charge < -0.3 is 20.3 Å². The van der Waals surface area contributed by atoms with Crippen molar-refractivity contribution in [1.82, 2.24) is 0 Å². The first-order valence-electron chi connectivity index (χ1n) is 7.09. The van der Waals surface area contributed by atoms with Gasteiger partial charge in [0.1, 0.15) is 11.8 Å². The van der Waals surface area contributed by atoms with Crippen molar-refractivity contribution in [2.45, 2.75) is 39.3 Å². The molecule has 21 heavy (non-hydrogen) atoms. The summed E-state index contributed by atoms with van der Waals surface area (Å²) in [6, 6.07) is -1.02. The van der Waals surface area contributed by atoms with E-state index in [1.54, 1.807) is 13.0 Å². The summed E-state index contributed by atoms with van der Waals surface area (Å²) in [5, 5.41) is 9.82. The van der Waals surface area contributed by atoms with Gasteiger partial charge in [-0.05, 0) is 13.3 Å². The van der Waals surface area contributed by atoms with Crippen molar-refractivity contribution in [2.75, 3.05) is 13.2 Å². The summed E-state index contributed by atoms with van der Waals surface area (Å²) >= 11 is 0. The highest BCUT2D eigenvalue weighted by Crippen LogP contribution is 2.38. The number of carbonyl (C=O) groups excluding carboxylic acids is 1. The molecule has 1 saturated heterocycles. The van der Waals surface area contributed by atoms with Crippen LogP contribution in [0.1, 0.15) is 27.2 Å². The Morgan fingerprint density at radius 2 is 2.29 bits per heavy atom. The predicted octanol–water partition coefficient (Wildman–Crippen LogP) is 1.68. The molecule has 0 amide bonds. The van der Waals surface area contributed by atoms with Crippen LogP contribution >= 0.6 is 0 Å². The number of nitrogens with two attached hydrogens (primary N) is 1. The van der Waals surface area contributed by atoms with Gasteiger partial charge in [0.05, 0.1) is 19.3 Å². The summed E-state index contributed by atoms with van der Waals surface area (Å²) in [6.45, 7) is 10.6. The maximum absolute atomic E-state index is 11.4. The first-order chi connectivity index (χ1) is 9.79. The van der Waals surface area contributed by atoms with Crippen LogP contribution in [0.15, 0.2) is 36.1 Å². The molecule has 1 heterocycles. The summed E-state index contributed by atoms with van der Waals surface area (Å²) < 4.78 is 10.2. The van der Waals surface area contributed by atoms with E-state index in [2.05, 4.69) is 20.4 Å². The number of hydrogen-bond donors (Lipinski definition) is 2. The molecule has 3 N–H and O–H groups in total. The fourth-order valence-corrected chi connectivity index (χ4v) is 2.04. The topological polar surface area (TPSA) is 81.8 Å². The number of esters is 1. The minimum Gasteiger partial charge on any atom is -0.493 e. The van der Waals surface area contributed by atoms with Gasteiger partial charge in [0.2, 0.25) is 0 Å². The van der Waals surface area contributed by atoms with E-state index in [0.29, 0.717) is 12.4 Å². The van der Waals surface area contributed by atoms with E-state index in [1.165, 1.54) is 0 Å². The van der Waals surface area contributed by atoms with Gasteiger partial charge in [0.15, 0.2) is 0 Å². The summed E-state index contributed by atoms with van der Waals surface area (Å²) in [7, 11) is 0. The highest BCUT2D eigenvalue weighted by molar-refractivity contribution is 5.76. The van der Waals surface area contributed by atoms with Gasteiger partial charge in [-0.2, -0.15) is 0 Å². The summed E-state index contributed by atoms with van der Waals surface area (Å²) in [5.74, 6) is 0.0869. The van der Waals surface area contributed by atoms with Gasteiger partial charge in [-0.15, -0.1) is 0 Å². The lowest BCUT2D eigenvalue weighted by atomic mass is 9.86. The molecule has 0 aromatic rings. The van der Waals surface area contributed by atoms with E-state index >= 15 is 0 Å². The standard InChI is InChI=1S/C16H25NO4/c1-5-20-15(19)14(17)13(18)9-7-6-8-12-11(2)21-10-16(12,3)4/h6-8,13-14,18H,2,5,9-10,17H2,1,3-4H3/b7-6-,12-8+. The van der Waals surface area contributed by atoms with Crippen molar-refractivity contribution >= 4 is 5.97 Å². The van der Waals surface area contributed by atoms with Crippen LogP contribution in [0.3, 0.4) is 0 Å². The molecule has 0 aromatic carbocycles. The maximum Gasteiger partial charge on any atom is 0.325 e. The SMILES string of the molecule is C=C1OCC(C)(C)/C1=C/C=C\CC(O)C(N)C(=O)OCC. The Labute approximate surface area is 126 Å². The van der Waals surface area contributed by atoms with Crippen LogP contribution < -0.4 is 5.73 Å². The monoisotopic (exact) mass is 295 g/mol. The first kappa shape index (κ1) is 17.5. The van der Waals surface area contributed by atoms with Crippen molar-refractivity contribution in [3.05, 3.63) is 36.1 Å². The van der Waals surface area contributed by atoms with Crippen LogP contribution in [0.25, 0.3) is 0 Å². The molecule has 0 saturated carbocycles. The number of ether oxygens (including phenoxy) is 2. The molecule has 5 nitrogen and oxygen atoms in total. The molecule has 2 atom stereocenters. The molecule has 0 aromatic heterocycles. The fourth-order valence-electron chi connectivity index (χ4n) is 2.04. The van der Waals surface area contributed by atoms with Crippen molar-refractivity contribution in [3.63, 3.8) is 0 Å². The van der Waals surface area contributed by atoms with E-state index in [0.717, 1.165) is 5.57 Å². The molecule has 0 spiro atoms. The number of carbonyl (C=O) groups is 1. The van der Waals surface area contributed by atoms with Crippen LogP contribution in [0.4, 0.5) is 0 Å². The van der Waals surface area contributed by atoms with Crippen molar-refractivity contribution in [2.24, 2.45) is 11.1 Å². The summed E-state index contributed by atoms with van der Waals surface area (Å²) in [5.41, 5.74) is 6.57. The highest BCUT2D eigenvalue weighted by Gasteiger charge is 2.33. The van der Waals surface area contributed by atoms with Crippen molar-refractivity contribution in [1.29, 1.82) is 0 Å². The second-order valence-electron chi connectivity index (χ2n) is 5.69. The van der Waals surface area contributed by atoms with Crippen LogP contribution in [0.2, 0.25) is 0 Å². The zero-order valence-electron chi connectivity index (χ0n) is 13.0. The average Bonchev–Trinajstić information content (AvgIpc) is 2.68. The molecule has 2 unspecified atom stereocenters. The molecule has 0 radical (unpaired) electrons. The van der Waals surface area contributed by atoms with E-state index in [1.807, 2.05) is 12.2 Å². The normalized spacial score (nSPS) is 22.3. The molecule has 5 heteroatoms. The number of rotatable bonds is 6. The Kier molecular flexibility index (Phi) is 6.18. The van der Waals surface area contributed by atoms with E-state index < -0.39 is 18.1 Å². The molecule has 0 aliphatic carbocycles. The third-order valence-corrected chi connectivity index (χ3v) is 3.39. The summed E-state index contributed by atoms with van der Waals surface area (Å²) in [6.07, 6.45) is 4.81. The van der Waals surface area contributed by atoms with E-state index in [4.69, 9.17) is 15.2 Å². The summed E-state index contributed by atoms with van der Waals surface area (Å²) in [4.78, 5) is 11.4. The Morgan fingerprint density at radius 3 is 2.81 bits per heavy atom. The van der Waals surface area contributed by atoms with E-state index in [9.17, 15) is 9.90 Å². The smallest absolute Gasteiger partial charge is 0.325 e. The number of allylic oxidation sites excluding steroid dienone is 3. The number of aliphatic hydroxyl groups excluding tert-OH is 1. The second kappa shape index (κ2) is 7.43. The average molecular weight is 295 g/mol. The van der Waals surface area contributed by atoms with Gasteiger partial charge >= 0.3 is 5.97 Å². The minimum atomic E-state index is -1.02. The lowest BCUT2D eigenvalue weighted by Crippen LogP contribution is -2.42. The Hall–Kier alpha value is -1.59. The van der Waals surface area contributed by atoms with Crippen LogP contribution in [0.5, 0.6) is 0 Å². The second-order valence-corrected chi connectivity index (χ2v) is 5.69. The quantitative estimate of drug-likeness (QED) is 0.729. The Balaban J connectivity index is 2.55. The molecule has 0 bridgehead atoms. The van der Waals surface area contributed by atoms with Gasteiger partial charge in [0, 0.05) is 11.0 Å². The molecule has 118 valence electrons. The van der Waals surface area contributed by atoms with E-state index in [-0.39, 0.29) is 18.4 Å². The fraction of sp³-hybridized carbons (Fsp3) is 0.562. The third-order valence-electron chi connectivity index (χ3n) is 3.39. The highest BCUT2D eigenvalue weighted by atomic mass is 16.5. The van der Waals surface area contributed by atoms with Crippen molar-refractivity contribution < 1.29 is 19.4 Å². The molecule has 1 fully saturated rings. The number of aliphatic hydroxyl groups is 1.